The Morgan fingerprint density at radius 2 is 2.17 bits per heavy atom. The van der Waals surface area contributed by atoms with E-state index in [-0.39, 0.29) is 11.4 Å². The van der Waals surface area contributed by atoms with Crippen LogP contribution in [-0.2, 0) is 4.74 Å². The van der Waals surface area contributed by atoms with Gasteiger partial charge in [0.15, 0.2) is 0 Å². The van der Waals surface area contributed by atoms with Crippen LogP contribution in [0.3, 0.4) is 0 Å². The fraction of sp³-hybridized carbons (Fsp3) is 0.364. The number of hydrogen-bond donors (Lipinski definition) is 1. The number of amides is 1. The van der Waals surface area contributed by atoms with Gasteiger partial charge < -0.3 is 4.74 Å². The zero-order chi connectivity index (χ0) is 13.8. The summed E-state index contributed by atoms with van der Waals surface area (Å²) in [5.74, 6) is -0.664. The van der Waals surface area contributed by atoms with E-state index in [4.69, 9.17) is 10.3 Å². The summed E-state index contributed by atoms with van der Waals surface area (Å²) in [5, 5.41) is 5.58. The normalized spacial score (nSPS) is 10.4. The molecule has 0 radical (unpaired) electrons. The lowest BCUT2D eigenvalue weighted by Gasteiger charge is -2.19. The summed E-state index contributed by atoms with van der Waals surface area (Å²) in [7, 11) is 0. The van der Waals surface area contributed by atoms with Gasteiger partial charge in [-0.25, -0.2) is 9.18 Å². The van der Waals surface area contributed by atoms with Gasteiger partial charge in [0.25, 0.3) is 0 Å². The van der Waals surface area contributed by atoms with Gasteiger partial charge in [-0.3, -0.25) is 5.32 Å². The molecule has 7 heteroatoms. The van der Waals surface area contributed by atoms with Gasteiger partial charge in [-0.05, 0) is 44.5 Å². The Hall–Kier alpha value is -2.27. The first-order valence-corrected chi connectivity index (χ1v) is 5.16. The van der Waals surface area contributed by atoms with Gasteiger partial charge in [0, 0.05) is 10.6 Å². The molecule has 0 fully saturated rings. The van der Waals surface area contributed by atoms with Crippen molar-refractivity contribution in [3.05, 3.63) is 34.5 Å². The third-order valence-corrected chi connectivity index (χ3v) is 1.74. The molecule has 0 aliphatic rings. The lowest BCUT2D eigenvalue weighted by Crippen LogP contribution is -2.27. The van der Waals surface area contributed by atoms with Gasteiger partial charge in [-0.1, -0.05) is 5.11 Å². The quantitative estimate of drug-likeness (QED) is 0.487. The molecule has 1 rings (SSSR count). The van der Waals surface area contributed by atoms with E-state index in [0.717, 1.165) is 6.07 Å². The van der Waals surface area contributed by atoms with Crippen molar-refractivity contribution in [2.24, 2.45) is 5.11 Å². The molecule has 1 aromatic rings. The van der Waals surface area contributed by atoms with Crippen molar-refractivity contribution >= 4 is 17.5 Å². The van der Waals surface area contributed by atoms with E-state index in [9.17, 15) is 9.18 Å². The second-order valence-corrected chi connectivity index (χ2v) is 4.48. The smallest absolute Gasteiger partial charge is 0.412 e. The summed E-state index contributed by atoms with van der Waals surface area (Å²) in [6.07, 6.45) is -0.666. The molecule has 0 saturated heterocycles. The van der Waals surface area contributed by atoms with Crippen LogP contribution in [0.5, 0.6) is 0 Å². The largest absolute Gasteiger partial charge is 0.444 e. The summed E-state index contributed by atoms with van der Waals surface area (Å²) in [4.78, 5) is 13.9. The van der Waals surface area contributed by atoms with E-state index >= 15 is 0 Å². The van der Waals surface area contributed by atoms with Gasteiger partial charge >= 0.3 is 6.09 Å². The molecule has 0 aromatic heterocycles. The predicted molar refractivity (Wildman–Crippen MR) is 65.1 cm³/mol. The van der Waals surface area contributed by atoms with Crippen LogP contribution in [0.15, 0.2) is 23.3 Å². The van der Waals surface area contributed by atoms with Crippen LogP contribution < -0.4 is 5.32 Å². The summed E-state index contributed by atoms with van der Waals surface area (Å²) in [5.41, 5.74) is 7.72. The van der Waals surface area contributed by atoms with Gasteiger partial charge in [0.05, 0.1) is 5.69 Å². The van der Waals surface area contributed by atoms with Crippen molar-refractivity contribution in [2.75, 3.05) is 5.32 Å². The van der Waals surface area contributed by atoms with Crippen molar-refractivity contribution < 1.29 is 13.9 Å². The minimum Gasteiger partial charge on any atom is -0.444 e. The lowest BCUT2D eigenvalue weighted by molar-refractivity contribution is 0.0636. The van der Waals surface area contributed by atoms with E-state index in [2.05, 4.69) is 15.3 Å². The molecule has 1 aromatic carbocycles. The van der Waals surface area contributed by atoms with E-state index < -0.39 is 17.5 Å². The molecule has 0 unspecified atom stereocenters. The fourth-order valence-electron chi connectivity index (χ4n) is 1.14. The Labute approximate surface area is 103 Å². The average molecular weight is 252 g/mol. The van der Waals surface area contributed by atoms with Crippen LogP contribution >= 0.6 is 0 Å². The maximum absolute atomic E-state index is 13.2. The van der Waals surface area contributed by atoms with Crippen LogP contribution in [0.1, 0.15) is 20.8 Å². The highest BCUT2D eigenvalue weighted by molar-refractivity contribution is 5.85. The minimum absolute atomic E-state index is 0.189. The summed E-state index contributed by atoms with van der Waals surface area (Å²) in [6.45, 7) is 5.17. The first kappa shape index (κ1) is 13.8. The van der Waals surface area contributed by atoms with Gasteiger partial charge in [0.2, 0.25) is 0 Å². The van der Waals surface area contributed by atoms with Crippen LogP contribution in [0, 0.1) is 5.82 Å². The number of nitrogens with zero attached hydrogens (tertiary/aromatic N) is 3. The Bertz CT molecular complexity index is 504. The molecule has 0 spiro atoms. The predicted octanol–water partition coefficient (Wildman–Crippen LogP) is 4.11. The third kappa shape index (κ3) is 4.31. The topological polar surface area (TPSA) is 87.1 Å². The molecular formula is C11H13FN4O2. The first-order chi connectivity index (χ1) is 8.31. The van der Waals surface area contributed by atoms with E-state index in [1.807, 2.05) is 0 Å². The van der Waals surface area contributed by atoms with Gasteiger partial charge in [0.1, 0.15) is 11.4 Å². The summed E-state index contributed by atoms with van der Waals surface area (Å²) in [6, 6.07) is 3.66. The fourth-order valence-corrected chi connectivity index (χ4v) is 1.14. The number of azide groups is 1. The molecule has 18 heavy (non-hydrogen) atoms. The van der Waals surface area contributed by atoms with Crippen LogP contribution in [0.2, 0.25) is 0 Å². The number of benzene rings is 1. The molecule has 0 atom stereocenters. The Morgan fingerprint density at radius 1 is 1.50 bits per heavy atom. The van der Waals surface area contributed by atoms with Crippen LogP contribution in [0.4, 0.5) is 20.6 Å². The highest BCUT2D eigenvalue weighted by Crippen LogP contribution is 2.23. The van der Waals surface area contributed by atoms with Crippen LogP contribution in [0.25, 0.3) is 10.4 Å². The molecule has 6 nitrogen and oxygen atoms in total. The number of nitrogens with one attached hydrogen (secondary N) is 1. The van der Waals surface area contributed by atoms with E-state index in [1.54, 1.807) is 20.8 Å². The SMILES string of the molecule is CC(C)(C)OC(=O)Nc1ccc(F)c(N=[N+]=[N-])c1. The van der Waals surface area contributed by atoms with Crippen molar-refractivity contribution in [3.63, 3.8) is 0 Å². The molecule has 1 amide bonds. The maximum atomic E-state index is 13.2. The number of rotatable bonds is 2. The standard InChI is InChI=1S/C11H13FN4O2/c1-11(2,3)18-10(17)14-7-4-5-8(12)9(6-7)15-16-13/h4-6H,1-3H3,(H,14,17). The van der Waals surface area contributed by atoms with E-state index in [1.165, 1.54) is 12.1 Å². The number of ether oxygens (including phenoxy) is 1. The van der Waals surface area contributed by atoms with Crippen molar-refractivity contribution in [2.45, 2.75) is 26.4 Å². The molecule has 0 saturated carbocycles. The highest BCUT2D eigenvalue weighted by atomic mass is 19.1. The zero-order valence-corrected chi connectivity index (χ0v) is 10.3. The van der Waals surface area contributed by atoms with Crippen LogP contribution in [-0.4, -0.2) is 11.7 Å². The van der Waals surface area contributed by atoms with Crippen molar-refractivity contribution in [1.29, 1.82) is 0 Å². The Balaban J connectivity index is 2.83. The van der Waals surface area contributed by atoms with Gasteiger partial charge in [-0.15, -0.1) is 0 Å². The van der Waals surface area contributed by atoms with Gasteiger partial charge in [-0.2, -0.15) is 0 Å². The maximum Gasteiger partial charge on any atom is 0.412 e. The molecule has 0 aliphatic carbocycles. The minimum atomic E-state index is -0.666. The molecule has 0 aliphatic heterocycles. The number of halogens is 1. The molecule has 1 N–H and O–H groups in total. The number of carbonyl (C=O) groups excluding carboxylic acids is 1. The summed E-state index contributed by atoms with van der Waals surface area (Å²) < 4.78 is 18.2. The van der Waals surface area contributed by atoms with Crippen molar-refractivity contribution in [1.82, 2.24) is 0 Å². The molecular weight excluding hydrogens is 239 g/mol. The highest BCUT2D eigenvalue weighted by Gasteiger charge is 2.16. The number of hydrogen-bond acceptors (Lipinski definition) is 3. The zero-order valence-electron chi connectivity index (χ0n) is 10.3. The monoisotopic (exact) mass is 252 g/mol. The third-order valence-electron chi connectivity index (χ3n) is 1.74. The van der Waals surface area contributed by atoms with E-state index in [0.29, 0.717) is 0 Å². The first-order valence-electron chi connectivity index (χ1n) is 5.16. The Morgan fingerprint density at radius 3 is 2.72 bits per heavy atom. The lowest BCUT2D eigenvalue weighted by atomic mass is 10.2. The average Bonchev–Trinajstić information content (AvgIpc) is 2.20. The summed E-state index contributed by atoms with van der Waals surface area (Å²) >= 11 is 0. The second-order valence-electron chi connectivity index (χ2n) is 4.48. The van der Waals surface area contributed by atoms with Crippen molar-refractivity contribution in [3.8, 4) is 0 Å². The second kappa shape index (κ2) is 5.37. The number of carbonyl (C=O) groups is 1. The number of anilines is 1. The molecule has 0 heterocycles. The molecule has 96 valence electrons. The molecule has 0 bridgehead atoms. The Kier molecular flexibility index (Phi) is 4.12.